The van der Waals surface area contributed by atoms with Crippen molar-refractivity contribution in [3.8, 4) is 0 Å². The van der Waals surface area contributed by atoms with Gasteiger partial charge in [0.2, 0.25) is 11.1 Å². The molecule has 2 aromatic heterocycles. The summed E-state index contributed by atoms with van der Waals surface area (Å²) in [5.41, 5.74) is 4.79. The van der Waals surface area contributed by atoms with E-state index in [1.54, 1.807) is 21.5 Å². The number of hydrogen-bond donors (Lipinski definition) is 0. The molecule has 0 unspecified atom stereocenters. The molecule has 0 bridgehead atoms. The number of aromatic nitrogens is 4. The molecular weight excluding hydrogens is 473 g/mol. The number of aryl methyl sites for hydroxylation is 3. The number of benzene rings is 2. The van der Waals surface area contributed by atoms with Gasteiger partial charge in [0.1, 0.15) is 5.82 Å². The Morgan fingerprint density at radius 3 is 2.59 bits per heavy atom. The maximum absolute atomic E-state index is 14.4. The van der Waals surface area contributed by atoms with Gasteiger partial charge < -0.3 is 4.90 Å². The monoisotopic (exact) mass is 497 g/mol. The van der Waals surface area contributed by atoms with Crippen LogP contribution in [0, 0.1) is 26.6 Å². The maximum atomic E-state index is 14.4. The molecule has 176 valence electrons. The molecule has 0 aliphatic carbocycles. The molecule has 4 rings (SSSR count). The van der Waals surface area contributed by atoms with Gasteiger partial charge in [0, 0.05) is 40.6 Å². The Morgan fingerprint density at radius 1 is 1.12 bits per heavy atom. The van der Waals surface area contributed by atoms with Gasteiger partial charge in [0.15, 0.2) is 0 Å². The summed E-state index contributed by atoms with van der Waals surface area (Å²) in [6.07, 6.45) is 0.300. The summed E-state index contributed by atoms with van der Waals surface area (Å²) in [6.45, 7) is 8.29. The molecule has 0 radical (unpaired) electrons. The van der Waals surface area contributed by atoms with E-state index in [2.05, 4.69) is 15.1 Å². The fourth-order valence-corrected chi connectivity index (χ4v) is 4.81. The quantitative estimate of drug-likeness (QED) is 0.312. The van der Waals surface area contributed by atoms with E-state index in [-0.39, 0.29) is 17.5 Å². The van der Waals surface area contributed by atoms with E-state index in [1.165, 1.54) is 17.8 Å². The first-order chi connectivity index (χ1) is 16.3. The Bertz CT molecular complexity index is 1350. The summed E-state index contributed by atoms with van der Waals surface area (Å²) >= 11 is 7.50. The Kier molecular flexibility index (Phi) is 7.19. The predicted octanol–water partition coefficient (Wildman–Crippen LogP) is 5.58. The van der Waals surface area contributed by atoms with E-state index in [4.69, 9.17) is 11.6 Å². The second kappa shape index (κ2) is 10.1. The number of anilines is 1. The highest BCUT2D eigenvalue weighted by atomic mass is 35.5. The van der Waals surface area contributed by atoms with Gasteiger partial charge in [-0.2, -0.15) is 4.98 Å². The maximum Gasteiger partial charge on any atom is 0.253 e. The number of amides is 1. The number of carbonyl (C=O) groups excluding carboxylic acids is 1. The van der Waals surface area contributed by atoms with Crippen LogP contribution in [0.4, 0.5) is 10.1 Å². The molecular formula is C25H25ClFN5OS. The largest absolute Gasteiger partial charge is 0.312 e. The minimum absolute atomic E-state index is 0.0206. The molecule has 0 aliphatic rings. The van der Waals surface area contributed by atoms with Gasteiger partial charge in [0.25, 0.3) is 5.78 Å². The van der Waals surface area contributed by atoms with Crippen LogP contribution in [-0.2, 0) is 11.2 Å². The van der Waals surface area contributed by atoms with Crippen LogP contribution >= 0.6 is 23.4 Å². The molecule has 0 aliphatic heterocycles. The van der Waals surface area contributed by atoms with E-state index in [9.17, 15) is 9.18 Å². The van der Waals surface area contributed by atoms with Gasteiger partial charge in [0.05, 0.1) is 5.75 Å². The number of hydrogen-bond acceptors (Lipinski definition) is 5. The summed E-state index contributed by atoms with van der Waals surface area (Å²) in [5.74, 6) is 0.273. The first-order valence-electron chi connectivity index (χ1n) is 10.9. The van der Waals surface area contributed by atoms with Crippen molar-refractivity contribution in [3.63, 3.8) is 0 Å². The summed E-state index contributed by atoms with van der Waals surface area (Å²) < 4.78 is 16.0. The molecule has 1 amide bonds. The number of fused-ring (bicyclic) bond motifs is 1. The Labute approximate surface area is 207 Å². The highest BCUT2D eigenvalue weighted by molar-refractivity contribution is 7.99. The van der Waals surface area contributed by atoms with Gasteiger partial charge in [-0.05, 0) is 63.1 Å². The first-order valence-corrected chi connectivity index (χ1v) is 12.3. The average Bonchev–Trinajstić information content (AvgIpc) is 3.20. The number of nitrogens with zero attached hydrogens (tertiary/aromatic N) is 5. The zero-order chi connectivity index (χ0) is 24.4. The van der Waals surface area contributed by atoms with E-state index in [0.29, 0.717) is 34.5 Å². The Balaban J connectivity index is 1.56. The lowest BCUT2D eigenvalue weighted by Crippen LogP contribution is -2.32. The van der Waals surface area contributed by atoms with Gasteiger partial charge in [-0.15, -0.1) is 5.10 Å². The van der Waals surface area contributed by atoms with Crippen molar-refractivity contribution in [3.05, 3.63) is 81.4 Å². The molecule has 6 nitrogen and oxygen atoms in total. The summed E-state index contributed by atoms with van der Waals surface area (Å²) in [6, 6.07) is 12.5. The topological polar surface area (TPSA) is 63.4 Å². The first kappa shape index (κ1) is 24.2. The third kappa shape index (κ3) is 4.93. The number of rotatable bonds is 7. The minimum atomic E-state index is -0.353. The van der Waals surface area contributed by atoms with Crippen LogP contribution in [0.5, 0.6) is 0 Å². The third-order valence-corrected chi connectivity index (χ3v) is 6.88. The predicted molar refractivity (Wildman–Crippen MR) is 134 cm³/mol. The van der Waals surface area contributed by atoms with Crippen molar-refractivity contribution >= 4 is 40.7 Å². The summed E-state index contributed by atoms with van der Waals surface area (Å²) in [5, 5.41) is 5.39. The zero-order valence-electron chi connectivity index (χ0n) is 19.5. The van der Waals surface area contributed by atoms with Crippen molar-refractivity contribution in [2.75, 3.05) is 17.2 Å². The highest BCUT2D eigenvalue weighted by Crippen LogP contribution is 2.26. The van der Waals surface area contributed by atoms with E-state index < -0.39 is 0 Å². The molecule has 0 saturated heterocycles. The van der Waals surface area contributed by atoms with Crippen LogP contribution in [0.3, 0.4) is 0 Å². The average molecular weight is 498 g/mol. The fourth-order valence-electron chi connectivity index (χ4n) is 3.89. The lowest BCUT2D eigenvalue weighted by Gasteiger charge is -2.21. The van der Waals surface area contributed by atoms with Crippen molar-refractivity contribution in [2.45, 2.75) is 39.3 Å². The van der Waals surface area contributed by atoms with Gasteiger partial charge >= 0.3 is 0 Å². The van der Waals surface area contributed by atoms with Crippen molar-refractivity contribution in [1.29, 1.82) is 0 Å². The third-order valence-electron chi connectivity index (χ3n) is 5.70. The normalized spacial score (nSPS) is 11.2. The lowest BCUT2D eigenvalue weighted by molar-refractivity contribution is -0.116. The van der Waals surface area contributed by atoms with Crippen molar-refractivity contribution in [1.82, 2.24) is 19.6 Å². The van der Waals surface area contributed by atoms with Crippen LogP contribution < -0.4 is 4.90 Å². The molecule has 0 N–H and O–H groups in total. The van der Waals surface area contributed by atoms with Crippen LogP contribution in [0.25, 0.3) is 5.78 Å². The second-order valence-electron chi connectivity index (χ2n) is 8.01. The SMILES string of the molecule is CCN(C(=O)CSc1nc2nc(C)c(Cc3c(F)cccc3Cl)c(C)n2n1)c1cccc(C)c1. The number of carbonyl (C=O) groups is 1. The molecule has 4 aromatic rings. The molecule has 2 aromatic carbocycles. The van der Waals surface area contributed by atoms with Gasteiger partial charge in [-0.1, -0.05) is 41.6 Å². The second-order valence-corrected chi connectivity index (χ2v) is 9.36. The molecule has 9 heteroatoms. The zero-order valence-corrected chi connectivity index (χ0v) is 21.0. The summed E-state index contributed by atoms with van der Waals surface area (Å²) in [4.78, 5) is 23.7. The van der Waals surface area contributed by atoms with Crippen molar-refractivity contribution < 1.29 is 9.18 Å². The Hall–Kier alpha value is -2.97. The number of halogens is 2. The highest BCUT2D eigenvalue weighted by Gasteiger charge is 2.19. The Morgan fingerprint density at radius 2 is 1.88 bits per heavy atom. The molecule has 2 heterocycles. The van der Waals surface area contributed by atoms with Crippen LogP contribution in [0.15, 0.2) is 47.6 Å². The van der Waals surface area contributed by atoms with E-state index in [1.807, 2.05) is 52.0 Å². The van der Waals surface area contributed by atoms with Crippen LogP contribution in [0.1, 0.15) is 35.0 Å². The molecule has 34 heavy (non-hydrogen) atoms. The molecule has 0 saturated carbocycles. The van der Waals surface area contributed by atoms with Gasteiger partial charge in [-0.25, -0.2) is 13.9 Å². The van der Waals surface area contributed by atoms with Crippen LogP contribution in [0.2, 0.25) is 5.02 Å². The number of thioether (sulfide) groups is 1. The van der Waals surface area contributed by atoms with E-state index >= 15 is 0 Å². The van der Waals surface area contributed by atoms with Crippen molar-refractivity contribution in [2.24, 2.45) is 0 Å². The minimum Gasteiger partial charge on any atom is -0.312 e. The lowest BCUT2D eigenvalue weighted by atomic mass is 10.0. The molecule has 0 spiro atoms. The van der Waals surface area contributed by atoms with Gasteiger partial charge in [-0.3, -0.25) is 4.79 Å². The fraction of sp³-hybridized carbons (Fsp3) is 0.280. The standard InChI is InChI=1S/C25H25ClFN5OS/c1-5-31(18-9-6-8-15(2)12-18)23(33)14-34-25-29-24-28-16(3)19(17(4)32(24)30-25)13-20-21(26)10-7-11-22(20)27/h6-12H,5,13-14H2,1-4H3. The van der Waals surface area contributed by atoms with E-state index in [0.717, 1.165) is 28.2 Å². The molecule has 0 atom stereocenters. The molecule has 0 fully saturated rings. The summed E-state index contributed by atoms with van der Waals surface area (Å²) in [7, 11) is 0. The smallest absolute Gasteiger partial charge is 0.253 e. The van der Waals surface area contributed by atoms with Crippen LogP contribution in [-0.4, -0.2) is 37.8 Å².